The number of rotatable bonds is 5. The third-order valence-electron chi connectivity index (χ3n) is 2.24. The van der Waals surface area contributed by atoms with E-state index >= 15 is 0 Å². The van der Waals surface area contributed by atoms with Crippen LogP contribution in [0.5, 0.6) is 0 Å². The molecule has 0 bridgehead atoms. The van der Waals surface area contributed by atoms with Gasteiger partial charge in [-0.05, 0) is 27.7 Å². The second-order valence-corrected chi connectivity index (χ2v) is 5.10. The largest absolute Gasteiger partial charge is 0.444 e. The number of nitrogens with one attached hydrogen (secondary N) is 2. The fourth-order valence-electron chi connectivity index (χ4n) is 1.47. The van der Waals surface area contributed by atoms with Crippen molar-refractivity contribution in [3.05, 3.63) is 17.3 Å². The van der Waals surface area contributed by atoms with Crippen LogP contribution in [0.3, 0.4) is 0 Å². The van der Waals surface area contributed by atoms with E-state index in [0.717, 1.165) is 37.0 Å². The van der Waals surface area contributed by atoms with Crippen molar-refractivity contribution in [3.8, 4) is 0 Å². The van der Waals surface area contributed by atoms with E-state index in [2.05, 4.69) is 36.4 Å². The minimum absolute atomic E-state index is 0.181. The average molecular weight is 225 g/mol. The second kappa shape index (κ2) is 5.46. The average Bonchev–Trinajstić information content (AvgIpc) is 2.42. The molecule has 0 spiro atoms. The quantitative estimate of drug-likeness (QED) is 0.750. The molecular formula is C12H23N3O. The molecule has 4 nitrogen and oxygen atoms in total. The summed E-state index contributed by atoms with van der Waals surface area (Å²) < 4.78 is 5.47. The lowest BCUT2D eigenvalue weighted by atomic mass is 10.1. The van der Waals surface area contributed by atoms with Crippen LogP contribution in [0.4, 0.5) is 0 Å². The van der Waals surface area contributed by atoms with Gasteiger partial charge < -0.3 is 15.1 Å². The Morgan fingerprint density at radius 3 is 2.38 bits per heavy atom. The van der Waals surface area contributed by atoms with Crippen LogP contribution in [0, 0.1) is 13.8 Å². The van der Waals surface area contributed by atoms with Gasteiger partial charge in [0.1, 0.15) is 5.76 Å². The van der Waals surface area contributed by atoms with E-state index in [0.29, 0.717) is 0 Å². The number of aromatic nitrogens is 1. The van der Waals surface area contributed by atoms with E-state index < -0.39 is 0 Å². The molecule has 0 aliphatic rings. The molecule has 0 fully saturated rings. The third-order valence-corrected chi connectivity index (χ3v) is 2.24. The minimum atomic E-state index is 0.181. The van der Waals surface area contributed by atoms with E-state index in [-0.39, 0.29) is 5.54 Å². The lowest BCUT2D eigenvalue weighted by molar-refractivity contribution is 0.411. The van der Waals surface area contributed by atoms with E-state index in [1.54, 1.807) is 0 Å². The van der Waals surface area contributed by atoms with Crippen molar-refractivity contribution in [1.82, 2.24) is 15.6 Å². The summed E-state index contributed by atoms with van der Waals surface area (Å²) in [5.74, 6) is 1.68. The molecule has 16 heavy (non-hydrogen) atoms. The third kappa shape index (κ3) is 4.77. The Morgan fingerprint density at radius 2 is 1.88 bits per heavy atom. The fraction of sp³-hybridized carbons (Fsp3) is 0.750. The van der Waals surface area contributed by atoms with Gasteiger partial charge in [0.05, 0.1) is 12.2 Å². The van der Waals surface area contributed by atoms with Crippen LogP contribution in [0.25, 0.3) is 0 Å². The van der Waals surface area contributed by atoms with Crippen molar-refractivity contribution in [1.29, 1.82) is 0 Å². The predicted molar refractivity (Wildman–Crippen MR) is 65.4 cm³/mol. The van der Waals surface area contributed by atoms with Crippen molar-refractivity contribution in [2.45, 2.75) is 46.7 Å². The lowest BCUT2D eigenvalue weighted by Gasteiger charge is -2.20. The molecule has 0 aromatic carbocycles. The summed E-state index contributed by atoms with van der Waals surface area (Å²) in [6, 6.07) is 0. The number of hydrogen-bond acceptors (Lipinski definition) is 4. The molecule has 1 aromatic heterocycles. The van der Waals surface area contributed by atoms with E-state index in [1.165, 1.54) is 0 Å². The molecule has 1 aromatic rings. The van der Waals surface area contributed by atoms with Gasteiger partial charge in [-0.25, -0.2) is 4.98 Å². The maximum Gasteiger partial charge on any atom is 0.191 e. The van der Waals surface area contributed by atoms with Crippen molar-refractivity contribution in [2.75, 3.05) is 13.1 Å². The highest BCUT2D eigenvalue weighted by atomic mass is 16.4. The highest BCUT2D eigenvalue weighted by Crippen LogP contribution is 2.08. The SMILES string of the molecule is Cc1nc(C)c(CNCCNC(C)(C)C)o1. The summed E-state index contributed by atoms with van der Waals surface area (Å²) >= 11 is 0. The molecule has 4 heteroatoms. The van der Waals surface area contributed by atoms with Gasteiger partial charge in [0.2, 0.25) is 0 Å². The van der Waals surface area contributed by atoms with Crippen molar-refractivity contribution in [2.24, 2.45) is 0 Å². The Balaban J connectivity index is 2.19. The van der Waals surface area contributed by atoms with E-state index in [9.17, 15) is 0 Å². The summed E-state index contributed by atoms with van der Waals surface area (Å²) in [7, 11) is 0. The van der Waals surface area contributed by atoms with Crippen molar-refractivity contribution < 1.29 is 4.42 Å². The Hall–Kier alpha value is -0.870. The first-order valence-corrected chi connectivity index (χ1v) is 5.77. The van der Waals surface area contributed by atoms with Crippen LogP contribution in [0.1, 0.15) is 38.1 Å². The molecule has 0 aliphatic heterocycles. The van der Waals surface area contributed by atoms with Gasteiger partial charge in [-0.3, -0.25) is 0 Å². The van der Waals surface area contributed by atoms with Gasteiger partial charge >= 0.3 is 0 Å². The zero-order valence-corrected chi connectivity index (χ0v) is 11.0. The summed E-state index contributed by atoms with van der Waals surface area (Å²) in [6.07, 6.45) is 0. The number of aryl methyl sites for hydroxylation is 2. The van der Waals surface area contributed by atoms with Gasteiger partial charge in [0.15, 0.2) is 5.89 Å². The lowest BCUT2D eigenvalue weighted by Crippen LogP contribution is -2.40. The minimum Gasteiger partial charge on any atom is -0.444 e. The topological polar surface area (TPSA) is 50.1 Å². The highest BCUT2D eigenvalue weighted by molar-refractivity contribution is 5.06. The van der Waals surface area contributed by atoms with Crippen LogP contribution in [-0.4, -0.2) is 23.6 Å². The molecule has 92 valence electrons. The fourth-order valence-corrected chi connectivity index (χ4v) is 1.47. The van der Waals surface area contributed by atoms with E-state index in [1.807, 2.05) is 13.8 Å². The molecule has 0 unspecified atom stereocenters. The monoisotopic (exact) mass is 225 g/mol. The number of hydrogen-bond donors (Lipinski definition) is 2. The summed E-state index contributed by atoms with van der Waals surface area (Å²) in [4.78, 5) is 4.23. The van der Waals surface area contributed by atoms with Crippen molar-refractivity contribution >= 4 is 0 Å². The van der Waals surface area contributed by atoms with Crippen molar-refractivity contribution in [3.63, 3.8) is 0 Å². The van der Waals surface area contributed by atoms with Crippen LogP contribution in [0.2, 0.25) is 0 Å². The zero-order valence-electron chi connectivity index (χ0n) is 11.0. The highest BCUT2D eigenvalue weighted by Gasteiger charge is 2.08. The molecule has 0 radical (unpaired) electrons. The first-order valence-electron chi connectivity index (χ1n) is 5.77. The molecule has 1 rings (SSSR count). The molecule has 0 atom stereocenters. The van der Waals surface area contributed by atoms with Gasteiger partial charge in [-0.1, -0.05) is 0 Å². The summed E-state index contributed by atoms with van der Waals surface area (Å²) in [6.45, 7) is 13.0. The number of oxazole rings is 1. The van der Waals surface area contributed by atoms with Crippen LogP contribution in [0.15, 0.2) is 4.42 Å². The molecule has 0 aliphatic carbocycles. The van der Waals surface area contributed by atoms with E-state index in [4.69, 9.17) is 4.42 Å². The Kier molecular flexibility index (Phi) is 4.50. The standard InChI is InChI=1S/C12H23N3O/c1-9-11(16-10(2)15-9)8-13-6-7-14-12(3,4)5/h13-14H,6-8H2,1-5H3. The zero-order chi connectivity index (χ0) is 12.2. The Labute approximate surface area is 97.8 Å². The van der Waals surface area contributed by atoms with Gasteiger partial charge in [-0.2, -0.15) is 0 Å². The van der Waals surface area contributed by atoms with Crippen LogP contribution in [-0.2, 0) is 6.54 Å². The molecule has 1 heterocycles. The van der Waals surface area contributed by atoms with Crippen LogP contribution >= 0.6 is 0 Å². The first kappa shape index (κ1) is 13.2. The maximum atomic E-state index is 5.47. The maximum absolute atomic E-state index is 5.47. The Morgan fingerprint density at radius 1 is 1.19 bits per heavy atom. The van der Waals surface area contributed by atoms with Gasteiger partial charge in [-0.15, -0.1) is 0 Å². The predicted octanol–water partition coefficient (Wildman–Crippen LogP) is 1.77. The smallest absolute Gasteiger partial charge is 0.191 e. The van der Waals surface area contributed by atoms with Gasteiger partial charge in [0, 0.05) is 25.6 Å². The first-order chi connectivity index (χ1) is 7.38. The molecule has 0 saturated carbocycles. The van der Waals surface area contributed by atoms with Gasteiger partial charge in [0.25, 0.3) is 0 Å². The molecule has 2 N–H and O–H groups in total. The Bertz CT molecular complexity index is 325. The number of nitrogens with zero attached hydrogens (tertiary/aromatic N) is 1. The normalized spacial score (nSPS) is 12.1. The summed E-state index contributed by atoms with van der Waals surface area (Å²) in [5.41, 5.74) is 1.16. The van der Waals surface area contributed by atoms with Crippen LogP contribution < -0.4 is 10.6 Å². The second-order valence-electron chi connectivity index (χ2n) is 5.10. The molecule has 0 saturated heterocycles. The molecule has 0 amide bonds. The molecular weight excluding hydrogens is 202 g/mol. The summed E-state index contributed by atoms with van der Waals surface area (Å²) in [5, 5.41) is 6.75.